The van der Waals surface area contributed by atoms with Gasteiger partial charge < -0.3 is 0 Å². The second kappa shape index (κ2) is 8.79. The Morgan fingerprint density at radius 2 is 0.923 bits per heavy atom. The molecule has 0 aliphatic heterocycles. The van der Waals surface area contributed by atoms with Gasteiger partial charge >= 0.3 is 52.8 Å². The first-order valence-corrected chi connectivity index (χ1v) is 5.98. The van der Waals surface area contributed by atoms with Gasteiger partial charge in [-0.2, -0.15) is 0 Å². The van der Waals surface area contributed by atoms with Crippen molar-refractivity contribution >= 4 is 20.6 Å². The van der Waals surface area contributed by atoms with Gasteiger partial charge in [-0.3, -0.25) is 0 Å². The molecule has 0 aromatic carbocycles. The van der Waals surface area contributed by atoms with Gasteiger partial charge in [0.05, 0.1) is 0 Å². The van der Waals surface area contributed by atoms with E-state index in [1.807, 2.05) is 0 Å². The van der Waals surface area contributed by atoms with Crippen LogP contribution in [0.2, 0.25) is 0 Å². The van der Waals surface area contributed by atoms with E-state index >= 15 is 0 Å². The van der Waals surface area contributed by atoms with E-state index in [4.69, 9.17) is 0 Å². The summed E-state index contributed by atoms with van der Waals surface area (Å²) in [5.74, 6) is 0. The molecule has 5 heteroatoms. The fraction of sp³-hybridized carbons (Fsp3) is 0. The Morgan fingerprint density at radius 1 is 0.692 bits per heavy atom. The van der Waals surface area contributed by atoms with Crippen LogP contribution in [-0.2, 0) is 32.3 Å². The van der Waals surface area contributed by atoms with Gasteiger partial charge in [-0.1, -0.05) is 25.3 Å². The van der Waals surface area contributed by atoms with Crippen molar-refractivity contribution in [2.45, 2.75) is 0 Å². The van der Waals surface area contributed by atoms with Crippen LogP contribution < -0.4 is 0 Å². The molecule has 4 nitrogen and oxygen atoms in total. The van der Waals surface area contributed by atoms with Gasteiger partial charge in [0.25, 0.3) is 0 Å². The van der Waals surface area contributed by atoms with Crippen LogP contribution in [0.25, 0.3) is 0 Å². The molecule has 0 rings (SSSR count). The first kappa shape index (κ1) is 14.2. The summed E-state index contributed by atoms with van der Waals surface area (Å²) >= 11 is -3.58. The van der Waals surface area contributed by atoms with E-state index < -0.39 is 13.1 Å². The molecule has 0 atom stereocenters. The van der Waals surface area contributed by atoms with Crippen LogP contribution in [-0.4, -0.2) is 20.6 Å². The zero-order valence-electron chi connectivity index (χ0n) is 6.92. The Morgan fingerprint density at radius 3 is 0.923 bits per heavy atom. The first-order valence-electron chi connectivity index (χ1n) is 3.04. The normalized spacial score (nSPS) is 9.54. The molecular weight excluding hydrogens is 212 g/mol. The number of rotatable bonds is 5. The zero-order chi connectivity index (χ0) is 10.7. The number of carbonyl (C=O) groups excluding carboxylic acids is 4. The molecule has 72 valence electrons. The third-order valence-corrected chi connectivity index (χ3v) is 2.92. The van der Waals surface area contributed by atoms with Crippen LogP contribution >= 0.6 is 0 Å². The summed E-state index contributed by atoms with van der Waals surface area (Å²) in [4.78, 5) is 39.6. The third-order valence-electron chi connectivity index (χ3n) is 0.833. The number of hydrogen-bond acceptors (Lipinski definition) is 4. The standard InChI is InChI=1S/C4H6.4CHO.Cr/c1-3-4-2;4*1-2;/h3-4H,1-2H2;4*1H;. The molecule has 0 N–H and O–H groups in total. The fourth-order valence-corrected chi connectivity index (χ4v) is 0.561. The summed E-state index contributed by atoms with van der Waals surface area (Å²) in [6.07, 6.45) is 3.28. The molecule has 0 aliphatic rings. The van der Waals surface area contributed by atoms with Gasteiger partial charge in [-0.15, -0.1) is 0 Å². The summed E-state index contributed by atoms with van der Waals surface area (Å²) < 4.78 is 0. The van der Waals surface area contributed by atoms with Crippen LogP contribution in [0.4, 0.5) is 0 Å². The van der Waals surface area contributed by atoms with Gasteiger partial charge in [-0.05, 0) is 0 Å². The predicted octanol–water partition coefficient (Wildman–Crippen LogP) is 0.259. The SMILES string of the molecule is C=CC=C.O=[CH][Cr]([CH]=O)([CH]=O)[CH]=O. The predicted molar refractivity (Wildman–Crippen MR) is 47.4 cm³/mol. The van der Waals surface area contributed by atoms with E-state index in [1.165, 1.54) is 0 Å². The third kappa shape index (κ3) is 5.91. The van der Waals surface area contributed by atoms with Crippen molar-refractivity contribution in [3.05, 3.63) is 25.3 Å². The Labute approximate surface area is 78.6 Å². The summed E-state index contributed by atoms with van der Waals surface area (Å²) in [7, 11) is 0. The Bertz CT molecular complexity index is 179. The van der Waals surface area contributed by atoms with Crippen LogP contribution in [0.5, 0.6) is 0 Å². The monoisotopic (exact) mass is 222 g/mol. The first-order chi connectivity index (χ1) is 6.16. The van der Waals surface area contributed by atoms with Gasteiger partial charge in [-0.25, -0.2) is 0 Å². The molecule has 0 heterocycles. The van der Waals surface area contributed by atoms with E-state index in [2.05, 4.69) is 13.2 Å². The fourth-order valence-electron chi connectivity index (χ4n) is 0.136. The zero-order valence-corrected chi connectivity index (χ0v) is 8.19. The Kier molecular flexibility index (Phi) is 9.62. The molecule has 0 aromatic heterocycles. The second-order valence-electron chi connectivity index (χ2n) is 1.67. The average Bonchev–Trinajstić information content (AvgIpc) is 2.23. The number of hydrogen-bond donors (Lipinski definition) is 0. The molecule has 0 bridgehead atoms. The summed E-state index contributed by atoms with van der Waals surface area (Å²) in [6, 6.07) is 0. The van der Waals surface area contributed by atoms with Gasteiger partial charge in [0.2, 0.25) is 0 Å². The molecule has 0 aromatic rings. The van der Waals surface area contributed by atoms with E-state index in [0.29, 0.717) is 0 Å². The van der Waals surface area contributed by atoms with Crippen molar-refractivity contribution in [2.75, 3.05) is 0 Å². The molecule has 13 heavy (non-hydrogen) atoms. The maximum atomic E-state index is 9.90. The van der Waals surface area contributed by atoms with Crippen molar-refractivity contribution < 1.29 is 32.3 Å². The number of allylic oxidation sites excluding steroid dienone is 2. The topological polar surface area (TPSA) is 68.3 Å². The molecule has 0 aliphatic carbocycles. The van der Waals surface area contributed by atoms with Crippen molar-refractivity contribution in [3.8, 4) is 0 Å². The molecule has 0 amide bonds. The summed E-state index contributed by atoms with van der Waals surface area (Å²) in [5.41, 5.74) is 0. The molecule has 0 radical (unpaired) electrons. The second-order valence-corrected chi connectivity index (χ2v) is 5.42. The van der Waals surface area contributed by atoms with Gasteiger partial charge in [0.1, 0.15) is 0 Å². The van der Waals surface area contributed by atoms with E-state index in [9.17, 15) is 19.2 Å². The summed E-state index contributed by atoms with van der Waals surface area (Å²) in [6.45, 7) is 6.72. The number of carbonyl (C=O) groups is 4. The van der Waals surface area contributed by atoms with E-state index in [0.717, 1.165) is 0 Å². The average molecular weight is 222 g/mol. The van der Waals surface area contributed by atoms with Gasteiger partial charge in [0, 0.05) is 0 Å². The molecule has 0 spiro atoms. The molecule has 0 fully saturated rings. The minimum atomic E-state index is -3.58. The minimum absolute atomic E-state index is 0.156. The van der Waals surface area contributed by atoms with Crippen molar-refractivity contribution in [1.82, 2.24) is 0 Å². The van der Waals surface area contributed by atoms with Crippen LogP contribution in [0, 0.1) is 0 Å². The van der Waals surface area contributed by atoms with Crippen LogP contribution in [0.1, 0.15) is 0 Å². The van der Waals surface area contributed by atoms with E-state index in [1.54, 1.807) is 12.2 Å². The maximum absolute atomic E-state index is 9.90. The van der Waals surface area contributed by atoms with Gasteiger partial charge in [0.15, 0.2) is 0 Å². The molecular formula is C8H10CrO4. The quantitative estimate of drug-likeness (QED) is 0.494. The van der Waals surface area contributed by atoms with Crippen molar-refractivity contribution in [2.24, 2.45) is 0 Å². The van der Waals surface area contributed by atoms with Crippen molar-refractivity contribution in [1.29, 1.82) is 0 Å². The van der Waals surface area contributed by atoms with Crippen LogP contribution in [0.3, 0.4) is 0 Å². The van der Waals surface area contributed by atoms with E-state index in [-0.39, 0.29) is 20.6 Å². The van der Waals surface area contributed by atoms with Crippen LogP contribution in [0.15, 0.2) is 25.3 Å². The summed E-state index contributed by atoms with van der Waals surface area (Å²) in [5, 5.41) is 0.625. The van der Waals surface area contributed by atoms with Crippen molar-refractivity contribution in [3.63, 3.8) is 0 Å². The molecule has 0 saturated carbocycles. The Balaban J connectivity index is 0. The molecule has 0 unspecified atom stereocenters. The molecule has 0 saturated heterocycles. The Hall–Kier alpha value is -1.31.